The molecular weight excluding hydrogens is 484 g/mol. The molecular formula is C25H24N4O6S. The fraction of sp³-hybridized carbons (Fsp3) is 0.240. The summed E-state index contributed by atoms with van der Waals surface area (Å²) in [5.74, 6) is 0.971. The first-order valence-corrected chi connectivity index (χ1v) is 13.0. The maximum Gasteiger partial charge on any atom is 0.254 e. The van der Waals surface area contributed by atoms with Gasteiger partial charge in [-0.1, -0.05) is 24.3 Å². The number of carbonyl (C=O) groups excluding carboxylic acids is 1. The number of methoxy groups -OCH3 is 2. The van der Waals surface area contributed by atoms with Crippen LogP contribution in [0.25, 0.3) is 17.3 Å². The third-order valence-electron chi connectivity index (χ3n) is 6.01. The molecule has 0 atom stereocenters. The minimum atomic E-state index is -3.69. The fourth-order valence-electron chi connectivity index (χ4n) is 4.28. The minimum absolute atomic E-state index is 0.0764. The second kappa shape index (κ2) is 9.50. The molecule has 0 fully saturated rings. The molecule has 2 aromatic carbocycles. The molecule has 0 spiro atoms. The monoisotopic (exact) mass is 508 g/mol. The molecule has 11 heteroatoms. The van der Waals surface area contributed by atoms with Crippen molar-refractivity contribution in [1.29, 1.82) is 0 Å². The third kappa shape index (κ3) is 4.33. The average molecular weight is 509 g/mol. The zero-order valence-electron chi connectivity index (χ0n) is 19.7. The van der Waals surface area contributed by atoms with E-state index in [1.165, 1.54) is 20.5 Å². The van der Waals surface area contributed by atoms with Crippen molar-refractivity contribution in [2.45, 2.75) is 12.3 Å². The molecule has 0 saturated heterocycles. The average Bonchev–Trinajstić information content (AvgIpc) is 3.62. The number of benzene rings is 2. The summed E-state index contributed by atoms with van der Waals surface area (Å²) in [5.41, 5.74) is 1.96. The summed E-state index contributed by atoms with van der Waals surface area (Å²) in [6.07, 6.45) is 1.50. The number of hydrogen-bond acceptors (Lipinski definition) is 8. The van der Waals surface area contributed by atoms with Gasteiger partial charge < -0.3 is 18.8 Å². The van der Waals surface area contributed by atoms with E-state index in [0.29, 0.717) is 40.9 Å². The van der Waals surface area contributed by atoms with Gasteiger partial charge in [0.2, 0.25) is 5.82 Å². The Labute approximate surface area is 208 Å². The van der Waals surface area contributed by atoms with Crippen molar-refractivity contribution in [1.82, 2.24) is 19.7 Å². The molecule has 1 aliphatic heterocycles. The molecule has 0 bridgehead atoms. The van der Waals surface area contributed by atoms with E-state index in [2.05, 4.69) is 10.2 Å². The lowest BCUT2D eigenvalue weighted by atomic mass is 10.1. The van der Waals surface area contributed by atoms with Crippen LogP contribution in [0.5, 0.6) is 11.5 Å². The summed E-state index contributed by atoms with van der Waals surface area (Å²) in [6.45, 7) is 0.467. The highest BCUT2D eigenvalue weighted by Crippen LogP contribution is 2.36. The van der Waals surface area contributed by atoms with Crippen LogP contribution in [0.15, 0.2) is 65.3 Å². The minimum Gasteiger partial charge on any atom is -0.494 e. The van der Waals surface area contributed by atoms with Crippen LogP contribution >= 0.6 is 0 Å². The standard InChI is InChI=1S/C25H24N4O6S/c1-33-19-9-5-10-20(34-2)23(19)29-22(26-27-24(29)21-11-6-13-35-21)16-36(31,32)14-12-28-15-17-7-3-4-8-18(17)25(28)30/h3-11,13H,12,14-16H2,1-2H3. The summed E-state index contributed by atoms with van der Waals surface area (Å²) in [6, 6.07) is 15.9. The summed E-state index contributed by atoms with van der Waals surface area (Å²) in [5, 5.41) is 8.42. The van der Waals surface area contributed by atoms with E-state index in [-0.39, 0.29) is 24.0 Å². The molecule has 1 amide bonds. The second-order valence-corrected chi connectivity index (χ2v) is 10.4. The number of sulfone groups is 1. The molecule has 0 N–H and O–H groups in total. The Morgan fingerprint density at radius 2 is 1.72 bits per heavy atom. The zero-order valence-corrected chi connectivity index (χ0v) is 20.6. The first-order valence-electron chi connectivity index (χ1n) is 11.2. The van der Waals surface area contributed by atoms with E-state index < -0.39 is 15.6 Å². The van der Waals surface area contributed by atoms with Gasteiger partial charge in [0.05, 0.1) is 26.2 Å². The van der Waals surface area contributed by atoms with Crippen molar-refractivity contribution in [3.05, 3.63) is 77.8 Å². The lowest BCUT2D eigenvalue weighted by Gasteiger charge is -2.18. The van der Waals surface area contributed by atoms with Crippen molar-refractivity contribution < 1.29 is 27.1 Å². The molecule has 0 radical (unpaired) electrons. The molecule has 0 aliphatic carbocycles. The molecule has 3 heterocycles. The van der Waals surface area contributed by atoms with Gasteiger partial charge in [-0.05, 0) is 35.9 Å². The van der Waals surface area contributed by atoms with Crippen molar-refractivity contribution in [2.75, 3.05) is 26.5 Å². The Morgan fingerprint density at radius 3 is 2.39 bits per heavy atom. The van der Waals surface area contributed by atoms with Crippen LogP contribution in [0.2, 0.25) is 0 Å². The quantitative estimate of drug-likeness (QED) is 0.339. The van der Waals surface area contributed by atoms with Gasteiger partial charge in [0, 0.05) is 18.7 Å². The van der Waals surface area contributed by atoms with Gasteiger partial charge in [0.25, 0.3) is 5.91 Å². The van der Waals surface area contributed by atoms with Crippen LogP contribution in [0.3, 0.4) is 0 Å². The zero-order chi connectivity index (χ0) is 25.3. The number of para-hydroxylation sites is 1. The van der Waals surface area contributed by atoms with Crippen LogP contribution in [-0.2, 0) is 22.1 Å². The molecule has 0 saturated carbocycles. The van der Waals surface area contributed by atoms with E-state index in [0.717, 1.165) is 5.56 Å². The Morgan fingerprint density at radius 1 is 0.972 bits per heavy atom. The summed E-state index contributed by atoms with van der Waals surface area (Å²) >= 11 is 0. The molecule has 1 aliphatic rings. The molecule has 10 nitrogen and oxygen atoms in total. The lowest BCUT2D eigenvalue weighted by molar-refractivity contribution is 0.0788. The molecule has 186 valence electrons. The Bertz CT molecular complexity index is 1490. The molecule has 36 heavy (non-hydrogen) atoms. The molecule has 4 aromatic rings. The summed E-state index contributed by atoms with van der Waals surface area (Å²) in [4.78, 5) is 14.2. The van der Waals surface area contributed by atoms with Gasteiger partial charge in [-0.15, -0.1) is 10.2 Å². The third-order valence-corrected chi connectivity index (χ3v) is 7.52. The smallest absolute Gasteiger partial charge is 0.254 e. The normalized spacial score (nSPS) is 13.2. The van der Waals surface area contributed by atoms with Crippen molar-refractivity contribution in [3.63, 3.8) is 0 Å². The summed E-state index contributed by atoms with van der Waals surface area (Å²) < 4.78 is 44.6. The SMILES string of the molecule is COc1cccc(OC)c1-n1c(CS(=O)(=O)CCN2Cc3ccccc3C2=O)nnc1-c1ccco1. The van der Waals surface area contributed by atoms with Crippen LogP contribution < -0.4 is 9.47 Å². The number of furan rings is 1. The number of ether oxygens (including phenoxy) is 2. The van der Waals surface area contributed by atoms with E-state index in [1.807, 2.05) is 12.1 Å². The number of fused-ring (bicyclic) bond motifs is 1. The van der Waals surface area contributed by atoms with Crippen molar-refractivity contribution in [3.8, 4) is 28.8 Å². The number of amides is 1. The maximum atomic E-state index is 13.2. The van der Waals surface area contributed by atoms with Gasteiger partial charge in [-0.2, -0.15) is 0 Å². The Balaban J connectivity index is 1.46. The van der Waals surface area contributed by atoms with Crippen LogP contribution in [0, 0.1) is 0 Å². The number of carbonyl (C=O) groups is 1. The Hall–Kier alpha value is -4.12. The van der Waals surface area contributed by atoms with E-state index >= 15 is 0 Å². The van der Waals surface area contributed by atoms with Gasteiger partial charge in [-0.25, -0.2) is 8.42 Å². The van der Waals surface area contributed by atoms with Crippen LogP contribution in [0.4, 0.5) is 0 Å². The highest BCUT2D eigenvalue weighted by atomic mass is 32.2. The number of aromatic nitrogens is 3. The molecule has 2 aromatic heterocycles. The maximum absolute atomic E-state index is 13.2. The topological polar surface area (TPSA) is 117 Å². The first-order chi connectivity index (χ1) is 17.4. The van der Waals surface area contributed by atoms with Crippen LogP contribution in [0.1, 0.15) is 21.7 Å². The van der Waals surface area contributed by atoms with Gasteiger partial charge in [0.1, 0.15) is 22.9 Å². The lowest BCUT2D eigenvalue weighted by Crippen LogP contribution is -2.30. The van der Waals surface area contributed by atoms with E-state index in [1.54, 1.807) is 51.9 Å². The van der Waals surface area contributed by atoms with Crippen molar-refractivity contribution >= 4 is 15.7 Å². The predicted molar refractivity (Wildman–Crippen MR) is 131 cm³/mol. The molecule has 5 rings (SSSR count). The molecule has 0 unspecified atom stereocenters. The number of rotatable bonds is 9. The fourth-order valence-corrected chi connectivity index (χ4v) is 5.50. The predicted octanol–water partition coefficient (Wildman–Crippen LogP) is 3.12. The number of nitrogens with zero attached hydrogens (tertiary/aromatic N) is 4. The first kappa shape index (κ1) is 23.6. The highest BCUT2D eigenvalue weighted by Gasteiger charge is 2.30. The van der Waals surface area contributed by atoms with E-state index in [9.17, 15) is 13.2 Å². The van der Waals surface area contributed by atoms with E-state index in [4.69, 9.17) is 13.9 Å². The summed E-state index contributed by atoms with van der Waals surface area (Å²) in [7, 11) is -0.666. The van der Waals surface area contributed by atoms with Gasteiger partial charge >= 0.3 is 0 Å². The van der Waals surface area contributed by atoms with Gasteiger partial charge in [0.15, 0.2) is 21.4 Å². The van der Waals surface area contributed by atoms with Crippen LogP contribution in [-0.4, -0.2) is 60.5 Å². The largest absolute Gasteiger partial charge is 0.494 e. The number of hydrogen-bond donors (Lipinski definition) is 0. The Kier molecular flexibility index (Phi) is 6.23. The second-order valence-electron chi connectivity index (χ2n) is 8.24. The van der Waals surface area contributed by atoms with Crippen molar-refractivity contribution in [2.24, 2.45) is 0 Å². The highest BCUT2D eigenvalue weighted by molar-refractivity contribution is 7.90. The van der Waals surface area contributed by atoms with Gasteiger partial charge in [-0.3, -0.25) is 9.36 Å².